The first-order chi connectivity index (χ1) is 11.1. The zero-order valence-electron chi connectivity index (χ0n) is 11.8. The number of benzene rings is 2. The summed E-state index contributed by atoms with van der Waals surface area (Å²) in [5, 5.41) is 7.66. The number of fused-ring (bicyclic) bond motifs is 3. The van der Waals surface area contributed by atoms with Crippen LogP contribution in [0.4, 0.5) is 0 Å². The van der Waals surface area contributed by atoms with E-state index in [1.54, 1.807) is 6.07 Å². The van der Waals surface area contributed by atoms with Crippen LogP contribution in [0, 0.1) is 0 Å². The molecule has 1 amide bonds. The zero-order chi connectivity index (χ0) is 16.0. The number of thiocarbonyl (C=S) groups is 1. The average molecular weight is 322 g/mol. The Balaban J connectivity index is 2.00. The third-order valence-electron chi connectivity index (χ3n) is 3.71. The maximum absolute atomic E-state index is 12.8. The molecule has 0 bridgehead atoms. The summed E-state index contributed by atoms with van der Waals surface area (Å²) in [7, 11) is 0. The Hall–Kier alpha value is -2.99. The highest BCUT2D eigenvalue weighted by Gasteiger charge is 2.21. The van der Waals surface area contributed by atoms with Crippen molar-refractivity contribution in [2.75, 3.05) is 0 Å². The van der Waals surface area contributed by atoms with Crippen LogP contribution in [0.1, 0.15) is 5.56 Å². The maximum Gasteiger partial charge on any atom is 0.273 e. The summed E-state index contributed by atoms with van der Waals surface area (Å²) >= 11 is 4.88. The van der Waals surface area contributed by atoms with Crippen molar-refractivity contribution in [2.24, 2.45) is 0 Å². The molecule has 0 atom stereocenters. The van der Waals surface area contributed by atoms with Gasteiger partial charge >= 0.3 is 0 Å². The second-order valence-corrected chi connectivity index (χ2v) is 5.55. The fraction of sp³-hybridized carbons (Fsp3) is 0. The van der Waals surface area contributed by atoms with Crippen molar-refractivity contribution in [2.45, 2.75) is 0 Å². The van der Waals surface area contributed by atoms with Gasteiger partial charge in [-0.2, -0.15) is 0 Å². The van der Waals surface area contributed by atoms with E-state index in [9.17, 15) is 9.59 Å². The van der Waals surface area contributed by atoms with Crippen LogP contribution in [0.5, 0.6) is 0 Å². The van der Waals surface area contributed by atoms with Gasteiger partial charge in [-0.3, -0.25) is 14.9 Å². The predicted molar refractivity (Wildman–Crippen MR) is 91.8 cm³/mol. The maximum atomic E-state index is 12.8. The fourth-order valence-corrected chi connectivity index (χ4v) is 2.85. The Kier molecular flexibility index (Phi) is 2.99. The number of carbonyl (C=O) groups excluding carboxylic acids is 1. The summed E-state index contributed by atoms with van der Waals surface area (Å²) in [4.78, 5) is 24.5. The highest BCUT2D eigenvalue weighted by molar-refractivity contribution is 7.80. The Labute approximate surface area is 135 Å². The Morgan fingerprint density at radius 3 is 2.65 bits per heavy atom. The molecular weight excluding hydrogens is 312 g/mol. The van der Waals surface area contributed by atoms with Crippen molar-refractivity contribution in [3.8, 4) is 0 Å². The van der Waals surface area contributed by atoms with E-state index in [4.69, 9.17) is 16.6 Å². The quantitative estimate of drug-likeness (QED) is 0.409. The molecule has 0 radical (unpaired) electrons. The molecule has 2 aromatic carbocycles. The van der Waals surface area contributed by atoms with Gasteiger partial charge in [-0.1, -0.05) is 30.3 Å². The van der Waals surface area contributed by atoms with Crippen molar-refractivity contribution < 1.29 is 9.21 Å². The first-order valence-electron chi connectivity index (χ1n) is 6.91. The van der Waals surface area contributed by atoms with Gasteiger partial charge in [0.15, 0.2) is 5.11 Å². The number of hydrogen-bond donors (Lipinski definition) is 2. The highest BCUT2D eigenvalue weighted by atomic mass is 32.1. The van der Waals surface area contributed by atoms with E-state index in [2.05, 4.69) is 10.6 Å². The lowest BCUT2D eigenvalue weighted by Gasteiger charge is -2.03. The van der Waals surface area contributed by atoms with Gasteiger partial charge in [-0.25, -0.2) is 0 Å². The van der Waals surface area contributed by atoms with Gasteiger partial charge < -0.3 is 9.73 Å². The largest absolute Gasteiger partial charge is 0.463 e. The summed E-state index contributed by atoms with van der Waals surface area (Å²) in [6.45, 7) is 0. The van der Waals surface area contributed by atoms with Crippen LogP contribution >= 0.6 is 12.2 Å². The second-order valence-electron chi connectivity index (χ2n) is 5.15. The minimum Gasteiger partial charge on any atom is -0.463 e. The third-order valence-corrected chi connectivity index (χ3v) is 3.92. The van der Waals surface area contributed by atoms with Gasteiger partial charge in [0.25, 0.3) is 5.91 Å². The van der Waals surface area contributed by atoms with Crippen LogP contribution in [0.25, 0.3) is 27.8 Å². The molecular formula is C17H10N2O3S. The molecule has 4 rings (SSSR count). The van der Waals surface area contributed by atoms with Gasteiger partial charge in [0.2, 0.25) is 5.43 Å². The minimum absolute atomic E-state index is 0.192. The lowest BCUT2D eigenvalue weighted by Crippen LogP contribution is -2.21. The topological polar surface area (TPSA) is 71.3 Å². The number of amides is 1. The summed E-state index contributed by atoms with van der Waals surface area (Å²) in [5.41, 5.74) is 0.830. The molecule has 6 heteroatoms. The molecule has 5 nitrogen and oxygen atoms in total. The number of rotatable bonds is 1. The smallest absolute Gasteiger partial charge is 0.273 e. The first-order valence-corrected chi connectivity index (χ1v) is 7.31. The van der Waals surface area contributed by atoms with Crippen LogP contribution in [0.2, 0.25) is 0 Å². The van der Waals surface area contributed by atoms with Gasteiger partial charge in [0.05, 0.1) is 10.9 Å². The monoisotopic (exact) mass is 322 g/mol. The Morgan fingerprint density at radius 1 is 1.04 bits per heavy atom. The normalized spacial score (nSPS) is 16.1. The number of hydrogen-bond acceptors (Lipinski definition) is 4. The molecule has 0 unspecified atom stereocenters. The van der Waals surface area contributed by atoms with E-state index in [1.165, 1.54) is 12.3 Å². The molecule has 1 aliphatic heterocycles. The standard InChI is InChI=1S/C17H10N2O3S/c20-15-10(7-12-16(21)19-17(23)18-12)8-22-13-6-5-9-3-1-2-4-11(9)14(13)15/h1-8H,(H2,18,19,21,23). The lowest BCUT2D eigenvalue weighted by atomic mass is 10.0. The lowest BCUT2D eigenvalue weighted by molar-refractivity contribution is -0.115. The third kappa shape index (κ3) is 2.20. The van der Waals surface area contributed by atoms with Crippen LogP contribution in [-0.4, -0.2) is 11.0 Å². The zero-order valence-corrected chi connectivity index (χ0v) is 12.6. The molecule has 2 heterocycles. The van der Waals surface area contributed by atoms with Gasteiger partial charge in [-0.15, -0.1) is 0 Å². The molecule has 1 aromatic heterocycles. The van der Waals surface area contributed by atoms with Crippen molar-refractivity contribution >= 4 is 51.1 Å². The van der Waals surface area contributed by atoms with Gasteiger partial charge in [0.1, 0.15) is 17.5 Å². The summed E-state index contributed by atoms with van der Waals surface area (Å²) in [6.07, 6.45) is 2.80. The van der Waals surface area contributed by atoms with E-state index in [0.717, 1.165) is 10.8 Å². The molecule has 0 spiro atoms. The highest BCUT2D eigenvalue weighted by Crippen LogP contribution is 2.23. The summed E-state index contributed by atoms with van der Waals surface area (Å²) in [5.74, 6) is -0.368. The summed E-state index contributed by atoms with van der Waals surface area (Å²) in [6, 6.07) is 11.3. The van der Waals surface area contributed by atoms with E-state index < -0.39 is 0 Å². The summed E-state index contributed by atoms with van der Waals surface area (Å²) < 4.78 is 5.57. The number of carbonyl (C=O) groups is 1. The first kappa shape index (κ1) is 13.7. The molecule has 1 saturated heterocycles. The van der Waals surface area contributed by atoms with Crippen LogP contribution in [0.3, 0.4) is 0 Å². The van der Waals surface area contributed by atoms with E-state index in [1.807, 2.05) is 30.3 Å². The SMILES string of the molecule is O=C1NC(=S)NC1=Cc1coc2ccc3ccccc3c2c1=O. The molecule has 3 aromatic rings. The Morgan fingerprint density at radius 2 is 1.87 bits per heavy atom. The molecule has 112 valence electrons. The Bertz CT molecular complexity index is 1080. The van der Waals surface area contributed by atoms with Gasteiger partial charge in [0, 0.05) is 0 Å². The molecule has 1 fully saturated rings. The molecule has 2 N–H and O–H groups in total. The molecule has 0 aliphatic carbocycles. The van der Waals surface area contributed by atoms with Crippen molar-refractivity contribution in [3.63, 3.8) is 0 Å². The van der Waals surface area contributed by atoms with Crippen LogP contribution in [0.15, 0.2) is 57.6 Å². The van der Waals surface area contributed by atoms with Crippen LogP contribution in [-0.2, 0) is 4.79 Å². The second kappa shape index (κ2) is 5.03. The van der Waals surface area contributed by atoms with Crippen molar-refractivity contribution in [1.82, 2.24) is 10.6 Å². The van der Waals surface area contributed by atoms with Crippen molar-refractivity contribution in [3.05, 3.63) is 64.1 Å². The average Bonchev–Trinajstić information content (AvgIpc) is 2.87. The minimum atomic E-state index is -0.368. The van der Waals surface area contributed by atoms with E-state index in [-0.39, 0.29) is 27.7 Å². The molecule has 0 saturated carbocycles. The van der Waals surface area contributed by atoms with Crippen LogP contribution < -0.4 is 16.1 Å². The van der Waals surface area contributed by atoms with E-state index in [0.29, 0.717) is 11.0 Å². The van der Waals surface area contributed by atoms with Gasteiger partial charge in [-0.05, 0) is 35.1 Å². The van der Waals surface area contributed by atoms with E-state index >= 15 is 0 Å². The predicted octanol–water partition coefficient (Wildman–Crippen LogP) is 2.29. The molecule has 23 heavy (non-hydrogen) atoms. The molecule has 1 aliphatic rings. The number of nitrogens with one attached hydrogen (secondary N) is 2. The van der Waals surface area contributed by atoms with Crippen molar-refractivity contribution in [1.29, 1.82) is 0 Å². The fourth-order valence-electron chi connectivity index (χ4n) is 2.65.